The highest BCUT2D eigenvalue weighted by Gasteiger charge is 2.18. The first-order valence-electron chi connectivity index (χ1n) is 9.18. The van der Waals surface area contributed by atoms with Crippen molar-refractivity contribution in [2.75, 3.05) is 27.4 Å². The highest BCUT2D eigenvalue weighted by atomic mass is 35.5. The quantitative estimate of drug-likeness (QED) is 0.502. The zero-order valence-corrected chi connectivity index (χ0v) is 18.0. The van der Waals surface area contributed by atoms with Crippen molar-refractivity contribution in [1.82, 2.24) is 14.8 Å². The molecule has 6 nitrogen and oxygen atoms in total. The molecule has 0 radical (unpaired) electrons. The lowest BCUT2D eigenvalue weighted by Crippen LogP contribution is -2.06. The molecule has 0 aliphatic heterocycles. The van der Waals surface area contributed by atoms with Crippen LogP contribution < -0.4 is 9.47 Å². The first-order chi connectivity index (χ1) is 14.0. The van der Waals surface area contributed by atoms with Crippen LogP contribution in [0.2, 0.25) is 5.02 Å². The fourth-order valence-electron chi connectivity index (χ4n) is 2.64. The van der Waals surface area contributed by atoms with Gasteiger partial charge in [-0.15, -0.1) is 0 Å². The number of pyridine rings is 1. The molecule has 29 heavy (non-hydrogen) atoms. The summed E-state index contributed by atoms with van der Waals surface area (Å²) in [4.78, 5) is 4.53. The first kappa shape index (κ1) is 22.6. The van der Waals surface area contributed by atoms with Crippen molar-refractivity contribution in [3.63, 3.8) is 0 Å². The Bertz CT molecular complexity index is 947. The number of aromatic nitrogens is 3. The third-order valence-corrected chi connectivity index (χ3v) is 4.18. The van der Waals surface area contributed by atoms with Crippen molar-refractivity contribution in [2.45, 2.75) is 13.8 Å². The van der Waals surface area contributed by atoms with Gasteiger partial charge in [0.05, 0.1) is 30.6 Å². The van der Waals surface area contributed by atoms with Crippen LogP contribution in [-0.4, -0.2) is 42.2 Å². The fraction of sp³-hybridized carbons (Fsp3) is 0.333. The summed E-state index contributed by atoms with van der Waals surface area (Å²) in [5.74, 6) is 0.301. The SMILES string of the molecule is CC.COCCOc1cc(F)ccc1-c1cc(Cl)c(-c2cnn(C)c2)nc1OC. The van der Waals surface area contributed by atoms with Gasteiger partial charge in [0, 0.05) is 43.1 Å². The zero-order chi connectivity index (χ0) is 21.4. The molecule has 0 saturated carbocycles. The molecule has 0 saturated heterocycles. The van der Waals surface area contributed by atoms with Crippen LogP contribution in [0.1, 0.15) is 13.8 Å². The van der Waals surface area contributed by atoms with Crippen molar-refractivity contribution in [3.8, 4) is 34.0 Å². The topological polar surface area (TPSA) is 58.4 Å². The highest BCUT2D eigenvalue weighted by Crippen LogP contribution is 2.40. The van der Waals surface area contributed by atoms with E-state index in [2.05, 4.69) is 10.1 Å². The fourth-order valence-corrected chi connectivity index (χ4v) is 2.90. The lowest BCUT2D eigenvalue weighted by molar-refractivity contribution is 0.146. The van der Waals surface area contributed by atoms with Crippen LogP contribution in [0.5, 0.6) is 11.6 Å². The molecule has 3 aromatic rings. The summed E-state index contributed by atoms with van der Waals surface area (Å²) in [6.07, 6.45) is 3.48. The maximum atomic E-state index is 13.7. The van der Waals surface area contributed by atoms with E-state index >= 15 is 0 Å². The molecule has 156 valence electrons. The normalized spacial score (nSPS) is 10.3. The third-order valence-electron chi connectivity index (χ3n) is 3.89. The molecule has 0 aliphatic carbocycles. The Kier molecular flexibility index (Phi) is 8.42. The Morgan fingerprint density at radius 1 is 1.10 bits per heavy atom. The lowest BCUT2D eigenvalue weighted by Gasteiger charge is -2.15. The molecule has 1 aromatic carbocycles. The largest absolute Gasteiger partial charge is 0.490 e. The summed E-state index contributed by atoms with van der Waals surface area (Å²) in [5.41, 5.74) is 2.54. The molecular formula is C21H25ClFN3O3. The van der Waals surface area contributed by atoms with Gasteiger partial charge in [-0.05, 0) is 18.2 Å². The van der Waals surface area contributed by atoms with Crippen LogP contribution in [0.15, 0.2) is 36.7 Å². The molecule has 0 atom stereocenters. The lowest BCUT2D eigenvalue weighted by atomic mass is 10.0. The van der Waals surface area contributed by atoms with Crippen molar-refractivity contribution in [1.29, 1.82) is 0 Å². The van der Waals surface area contributed by atoms with Gasteiger partial charge in [0.15, 0.2) is 0 Å². The van der Waals surface area contributed by atoms with E-state index < -0.39 is 5.82 Å². The monoisotopic (exact) mass is 421 g/mol. The first-order valence-corrected chi connectivity index (χ1v) is 9.56. The van der Waals surface area contributed by atoms with Gasteiger partial charge in [0.2, 0.25) is 5.88 Å². The van der Waals surface area contributed by atoms with Crippen LogP contribution in [0, 0.1) is 5.82 Å². The molecule has 0 unspecified atom stereocenters. The number of ether oxygens (including phenoxy) is 3. The van der Waals surface area contributed by atoms with Gasteiger partial charge >= 0.3 is 0 Å². The second kappa shape index (κ2) is 10.8. The number of nitrogens with zero attached hydrogens (tertiary/aromatic N) is 3. The molecule has 3 rings (SSSR count). The summed E-state index contributed by atoms with van der Waals surface area (Å²) >= 11 is 6.47. The summed E-state index contributed by atoms with van der Waals surface area (Å²) in [5, 5.41) is 4.56. The van der Waals surface area contributed by atoms with Crippen LogP contribution in [0.3, 0.4) is 0 Å². The number of methoxy groups -OCH3 is 2. The van der Waals surface area contributed by atoms with E-state index in [1.54, 1.807) is 30.1 Å². The molecule has 0 amide bonds. The number of hydrogen-bond acceptors (Lipinski definition) is 5. The second-order valence-corrected chi connectivity index (χ2v) is 6.17. The molecule has 0 bridgehead atoms. The van der Waals surface area contributed by atoms with Gasteiger partial charge in [0.1, 0.15) is 18.2 Å². The van der Waals surface area contributed by atoms with Crippen LogP contribution in [0.25, 0.3) is 22.4 Å². The molecule has 0 N–H and O–H groups in total. The number of aryl methyl sites for hydroxylation is 1. The molecule has 0 spiro atoms. The molecule has 2 aromatic heterocycles. The number of rotatable bonds is 7. The van der Waals surface area contributed by atoms with Gasteiger partial charge in [-0.2, -0.15) is 5.10 Å². The minimum Gasteiger partial charge on any atom is -0.490 e. The van der Waals surface area contributed by atoms with Gasteiger partial charge in [-0.1, -0.05) is 25.4 Å². The van der Waals surface area contributed by atoms with Gasteiger partial charge in [-0.3, -0.25) is 4.68 Å². The summed E-state index contributed by atoms with van der Waals surface area (Å²) in [7, 11) is 4.90. The van der Waals surface area contributed by atoms with E-state index in [1.165, 1.54) is 19.2 Å². The number of benzene rings is 1. The van der Waals surface area contributed by atoms with E-state index in [9.17, 15) is 4.39 Å². The summed E-state index contributed by atoms with van der Waals surface area (Å²) < 4.78 is 31.5. The summed E-state index contributed by atoms with van der Waals surface area (Å²) in [6, 6.07) is 6.00. The minimum atomic E-state index is -0.406. The van der Waals surface area contributed by atoms with E-state index in [-0.39, 0.29) is 6.61 Å². The smallest absolute Gasteiger partial charge is 0.221 e. The summed E-state index contributed by atoms with van der Waals surface area (Å²) in [6.45, 7) is 4.66. The van der Waals surface area contributed by atoms with Crippen LogP contribution in [-0.2, 0) is 11.8 Å². The van der Waals surface area contributed by atoms with Crippen LogP contribution in [0.4, 0.5) is 4.39 Å². The van der Waals surface area contributed by atoms with Crippen molar-refractivity contribution < 1.29 is 18.6 Å². The Balaban J connectivity index is 0.00000145. The maximum Gasteiger partial charge on any atom is 0.221 e. The Morgan fingerprint density at radius 2 is 1.86 bits per heavy atom. The Hall–Kier alpha value is -2.64. The predicted molar refractivity (Wildman–Crippen MR) is 112 cm³/mol. The third kappa shape index (κ3) is 5.46. The highest BCUT2D eigenvalue weighted by molar-refractivity contribution is 6.33. The molecule has 0 fully saturated rings. The molecule has 0 aliphatic rings. The van der Waals surface area contributed by atoms with Gasteiger partial charge in [0.25, 0.3) is 0 Å². The average Bonchev–Trinajstić information content (AvgIpc) is 3.16. The van der Waals surface area contributed by atoms with E-state index in [0.717, 1.165) is 5.56 Å². The van der Waals surface area contributed by atoms with Gasteiger partial charge < -0.3 is 14.2 Å². The second-order valence-electron chi connectivity index (χ2n) is 5.76. The number of hydrogen-bond donors (Lipinski definition) is 0. The van der Waals surface area contributed by atoms with E-state index in [1.807, 2.05) is 27.1 Å². The molecular weight excluding hydrogens is 397 g/mol. The van der Waals surface area contributed by atoms with Crippen molar-refractivity contribution in [3.05, 3.63) is 47.5 Å². The average molecular weight is 422 g/mol. The molecule has 2 heterocycles. The van der Waals surface area contributed by atoms with E-state index in [4.69, 9.17) is 25.8 Å². The maximum absolute atomic E-state index is 13.7. The molecule has 8 heteroatoms. The Morgan fingerprint density at radius 3 is 2.48 bits per heavy atom. The van der Waals surface area contributed by atoms with E-state index in [0.29, 0.717) is 40.1 Å². The van der Waals surface area contributed by atoms with Gasteiger partial charge in [-0.25, -0.2) is 9.37 Å². The van der Waals surface area contributed by atoms with Crippen LogP contribution >= 0.6 is 11.6 Å². The Labute approximate surface area is 175 Å². The predicted octanol–water partition coefficient (Wildman–Crippen LogP) is 5.00. The minimum absolute atomic E-state index is 0.282. The van der Waals surface area contributed by atoms with Crippen molar-refractivity contribution >= 4 is 11.6 Å². The van der Waals surface area contributed by atoms with Crippen molar-refractivity contribution in [2.24, 2.45) is 7.05 Å². The number of halogens is 2. The standard InChI is InChI=1S/C19H19ClFN3O3.C2H6/c1-24-11-12(10-22-24)18-16(20)9-15(19(23-18)26-3)14-5-4-13(21)8-17(14)27-7-6-25-2;1-2/h4-5,8-11H,6-7H2,1-3H3;1-2H3. The zero-order valence-electron chi connectivity index (χ0n) is 17.2.